The number of Topliss-reactive ketones (excluding diaryl/α,β-unsaturated/α-hetero) is 1. The van der Waals surface area contributed by atoms with Crippen LogP contribution in [0, 0.1) is 0 Å². The Kier molecular flexibility index (Phi) is 6.91. The monoisotopic (exact) mass is 355 g/mol. The van der Waals surface area contributed by atoms with Crippen LogP contribution in [0.15, 0.2) is 60.7 Å². The fourth-order valence-electron chi connectivity index (χ4n) is 2.12. The van der Waals surface area contributed by atoms with E-state index in [1.54, 1.807) is 12.1 Å². The van der Waals surface area contributed by atoms with Crippen LogP contribution in [0.4, 0.5) is 4.79 Å². The number of ether oxygens (including phenoxy) is 2. The van der Waals surface area contributed by atoms with Crippen molar-refractivity contribution in [3.8, 4) is 0 Å². The van der Waals surface area contributed by atoms with Crippen molar-refractivity contribution in [3.63, 3.8) is 0 Å². The van der Waals surface area contributed by atoms with Crippen molar-refractivity contribution in [2.45, 2.75) is 26.2 Å². The normalized spacial score (nSPS) is 11.3. The molecule has 0 saturated heterocycles. The highest BCUT2D eigenvalue weighted by Gasteiger charge is 2.29. The van der Waals surface area contributed by atoms with E-state index in [1.165, 1.54) is 14.0 Å². The summed E-state index contributed by atoms with van der Waals surface area (Å²) in [5.74, 6) is -1.79. The molecule has 0 aliphatic carbocycles. The van der Waals surface area contributed by atoms with Crippen LogP contribution in [-0.4, -0.2) is 35.8 Å². The Morgan fingerprint density at radius 1 is 0.846 bits per heavy atom. The molecule has 6 nitrogen and oxygen atoms in total. The molecule has 2 aromatic carbocycles. The lowest BCUT2D eigenvalue weighted by molar-refractivity contribution is -0.156. The second-order valence-corrected chi connectivity index (χ2v) is 5.75. The molecule has 26 heavy (non-hydrogen) atoms. The Balaban J connectivity index is 1.83. The van der Waals surface area contributed by atoms with Crippen molar-refractivity contribution >= 4 is 17.8 Å². The Morgan fingerprint density at radius 2 is 1.31 bits per heavy atom. The largest absolute Gasteiger partial charge is 0.455 e. The summed E-state index contributed by atoms with van der Waals surface area (Å²) in [5.41, 5.74) is 1.60. The molecule has 0 bridgehead atoms. The fourth-order valence-corrected chi connectivity index (χ4v) is 2.12. The summed E-state index contributed by atoms with van der Waals surface area (Å²) in [7, 11) is 1.40. The zero-order valence-corrected chi connectivity index (χ0v) is 14.8. The van der Waals surface area contributed by atoms with E-state index in [1.807, 2.05) is 48.5 Å². The maximum atomic E-state index is 12.2. The minimum absolute atomic E-state index is 0.000299. The van der Waals surface area contributed by atoms with Crippen molar-refractivity contribution in [2.24, 2.45) is 0 Å². The van der Waals surface area contributed by atoms with Gasteiger partial charge in [0.25, 0.3) is 5.78 Å². The minimum atomic E-state index is -0.985. The van der Waals surface area contributed by atoms with Crippen LogP contribution in [-0.2, 0) is 32.3 Å². The summed E-state index contributed by atoms with van der Waals surface area (Å²) in [6.45, 7) is 1.54. The highest BCUT2D eigenvalue weighted by molar-refractivity contribution is 6.35. The highest BCUT2D eigenvalue weighted by Crippen LogP contribution is 2.07. The van der Waals surface area contributed by atoms with Gasteiger partial charge in [0, 0.05) is 7.05 Å². The van der Waals surface area contributed by atoms with Crippen molar-refractivity contribution in [3.05, 3.63) is 71.8 Å². The lowest BCUT2D eigenvalue weighted by atomic mass is 10.2. The van der Waals surface area contributed by atoms with Gasteiger partial charge in [-0.05, 0) is 18.1 Å². The number of carbonyl (C=O) groups is 3. The number of hydrogen-bond acceptors (Lipinski definition) is 5. The topological polar surface area (TPSA) is 72.9 Å². The number of benzene rings is 2. The maximum Gasteiger partial charge on any atom is 0.410 e. The lowest BCUT2D eigenvalue weighted by Gasteiger charge is -2.22. The molecule has 0 N–H and O–H groups in total. The van der Waals surface area contributed by atoms with Gasteiger partial charge >= 0.3 is 12.1 Å². The van der Waals surface area contributed by atoms with Gasteiger partial charge in [0.05, 0.1) is 0 Å². The molecule has 0 aromatic heterocycles. The molecule has 0 radical (unpaired) electrons. The summed E-state index contributed by atoms with van der Waals surface area (Å²) >= 11 is 0. The smallest absolute Gasteiger partial charge is 0.410 e. The number of rotatable bonds is 7. The second-order valence-electron chi connectivity index (χ2n) is 5.75. The van der Waals surface area contributed by atoms with Gasteiger partial charge in [0.15, 0.2) is 0 Å². The van der Waals surface area contributed by atoms with Crippen LogP contribution in [0.5, 0.6) is 0 Å². The lowest BCUT2D eigenvalue weighted by Crippen LogP contribution is -2.43. The first-order valence-electron chi connectivity index (χ1n) is 8.17. The number of carbonyl (C=O) groups excluding carboxylic acids is 3. The Morgan fingerprint density at radius 3 is 1.81 bits per heavy atom. The molecule has 0 spiro atoms. The van der Waals surface area contributed by atoms with E-state index in [0.717, 1.165) is 16.0 Å². The highest BCUT2D eigenvalue weighted by atomic mass is 16.6. The van der Waals surface area contributed by atoms with Gasteiger partial charge in [0.2, 0.25) is 0 Å². The SMILES string of the molecule is CC(C(=O)C(=O)OCc1ccccc1)N(C)C(=O)OCc1ccccc1. The molecular weight excluding hydrogens is 334 g/mol. The van der Waals surface area contributed by atoms with Crippen molar-refractivity contribution in [1.82, 2.24) is 4.90 Å². The van der Waals surface area contributed by atoms with E-state index in [2.05, 4.69) is 0 Å². The number of amides is 1. The van der Waals surface area contributed by atoms with Crippen molar-refractivity contribution < 1.29 is 23.9 Å². The molecule has 0 aliphatic rings. The molecule has 6 heteroatoms. The first-order valence-corrected chi connectivity index (χ1v) is 8.17. The van der Waals surface area contributed by atoms with E-state index in [-0.39, 0.29) is 13.2 Å². The van der Waals surface area contributed by atoms with E-state index >= 15 is 0 Å². The zero-order valence-electron chi connectivity index (χ0n) is 14.8. The van der Waals surface area contributed by atoms with Gasteiger partial charge in [-0.2, -0.15) is 0 Å². The minimum Gasteiger partial charge on any atom is -0.455 e. The van der Waals surface area contributed by atoms with Crippen LogP contribution in [0.25, 0.3) is 0 Å². The predicted molar refractivity (Wildman–Crippen MR) is 95.1 cm³/mol. The number of esters is 1. The molecule has 1 amide bonds. The Hall–Kier alpha value is -3.15. The standard InChI is InChI=1S/C20H21NO5/c1-15(18(22)19(23)25-13-16-9-5-3-6-10-16)21(2)20(24)26-14-17-11-7-4-8-12-17/h3-12,15H,13-14H2,1-2H3. The van der Waals surface area contributed by atoms with E-state index in [0.29, 0.717) is 0 Å². The van der Waals surface area contributed by atoms with E-state index in [4.69, 9.17) is 9.47 Å². The van der Waals surface area contributed by atoms with Gasteiger partial charge in [0.1, 0.15) is 19.3 Å². The summed E-state index contributed by atoms with van der Waals surface area (Å²) in [6.07, 6.45) is -0.689. The van der Waals surface area contributed by atoms with Crippen LogP contribution in [0.1, 0.15) is 18.1 Å². The predicted octanol–water partition coefficient (Wildman–Crippen LogP) is 2.96. The Bertz CT molecular complexity index is 745. The first-order chi connectivity index (χ1) is 12.5. The van der Waals surface area contributed by atoms with Gasteiger partial charge in [-0.15, -0.1) is 0 Å². The van der Waals surface area contributed by atoms with Crippen molar-refractivity contribution in [2.75, 3.05) is 7.05 Å². The third-order valence-electron chi connectivity index (χ3n) is 3.87. The molecule has 1 atom stereocenters. The number of likely N-dealkylation sites (N-methyl/N-ethyl adjacent to an activating group) is 1. The molecule has 2 aromatic rings. The fraction of sp³-hybridized carbons (Fsp3) is 0.250. The third kappa shape index (κ3) is 5.44. The van der Waals surface area contributed by atoms with Gasteiger partial charge in [-0.1, -0.05) is 60.7 Å². The summed E-state index contributed by atoms with van der Waals surface area (Å²) < 4.78 is 10.2. The number of hydrogen-bond donors (Lipinski definition) is 0. The van der Waals surface area contributed by atoms with Crippen LogP contribution in [0.3, 0.4) is 0 Å². The molecule has 2 rings (SSSR count). The van der Waals surface area contributed by atoms with Crippen molar-refractivity contribution in [1.29, 1.82) is 0 Å². The molecule has 0 aliphatic heterocycles. The molecule has 0 heterocycles. The van der Waals surface area contributed by atoms with E-state index < -0.39 is 23.9 Å². The molecule has 136 valence electrons. The summed E-state index contributed by atoms with van der Waals surface area (Å²) in [6, 6.07) is 17.2. The number of ketones is 1. The first kappa shape index (κ1) is 19.2. The molecule has 0 saturated carbocycles. The van der Waals surface area contributed by atoms with Gasteiger partial charge in [-0.3, -0.25) is 4.79 Å². The zero-order chi connectivity index (χ0) is 18.9. The molecule has 0 fully saturated rings. The Labute approximate surface area is 152 Å². The quantitative estimate of drug-likeness (QED) is 0.564. The maximum absolute atomic E-state index is 12.2. The van der Waals surface area contributed by atoms with Crippen LogP contribution < -0.4 is 0 Å². The average molecular weight is 355 g/mol. The summed E-state index contributed by atoms with van der Waals surface area (Å²) in [4.78, 5) is 37.2. The molecule has 1 unspecified atom stereocenters. The van der Waals surface area contributed by atoms with Gasteiger partial charge < -0.3 is 14.4 Å². The molecular formula is C20H21NO5. The van der Waals surface area contributed by atoms with Crippen LogP contribution in [0.2, 0.25) is 0 Å². The van der Waals surface area contributed by atoms with Crippen LogP contribution >= 0.6 is 0 Å². The van der Waals surface area contributed by atoms with E-state index in [9.17, 15) is 14.4 Å². The third-order valence-corrected chi connectivity index (χ3v) is 3.87. The second kappa shape index (κ2) is 9.36. The summed E-state index contributed by atoms with van der Waals surface area (Å²) in [5, 5.41) is 0. The number of nitrogens with zero attached hydrogens (tertiary/aromatic N) is 1. The average Bonchev–Trinajstić information content (AvgIpc) is 2.70. The van der Waals surface area contributed by atoms with Gasteiger partial charge in [-0.25, -0.2) is 9.59 Å².